The molecule has 0 aliphatic carbocycles. The first-order chi connectivity index (χ1) is 10.0. The molecule has 0 aliphatic heterocycles. The van der Waals surface area contributed by atoms with Crippen LogP contribution in [0.3, 0.4) is 0 Å². The van der Waals surface area contributed by atoms with E-state index < -0.39 is 0 Å². The van der Waals surface area contributed by atoms with Gasteiger partial charge in [0, 0.05) is 18.2 Å². The minimum atomic E-state index is -0.352. The van der Waals surface area contributed by atoms with Crippen LogP contribution in [-0.2, 0) is 9.53 Å². The summed E-state index contributed by atoms with van der Waals surface area (Å²) in [5.41, 5.74) is 1.17. The van der Waals surface area contributed by atoms with Gasteiger partial charge in [0.15, 0.2) is 0 Å². The van der Waals surface area contributed by atoms with Crippen LogP contribution >= 0.6 is 0 Å². The van der Waals surface area contributed by atoms with Crippen LogP contribution in [0.4, 0.5) is 5.69 Å². The van der Waals surface area contributed by atoms with E-state index in [2.05, 4.69) is 24.5 Å². The summed E-state index contributed by atoms with van der Waals surface area (Å²) in [4.78, 5) is 23.2. The summed E-state index contributed by atoms with van der Waals surface area (Å²) in [5, 5.41) is 6.07. The van der Waals surface area contributed by atoms with Gasteiger partial charge in [0.2, 0.25) is 5.91 Å². The van der Waals surface area contributed by atoms with Gasteiger partial charge in [-0.05, 0) is 44.2 Å². The molecular weight excluding hydrogens is 268 g/mol. The standard InChI is InChI=1S/C16H24N2O3/c1-4-21-16(20)13-7-9-14(10-8-13)18-15(19)6-5-11-17-12(2)3/h7-10,12,17H,4-6,11H2,1-3H3,(H,18,19). The number of ether oxygens (including phenoxy) is 1. The van der Waals surface area contributed by atoms with Crippen molar-refractivity contribution in [2.75, 3.05) is 18.5 Å². The van der Waals surface area contributed by atoms with Gasteiger partial charge in [-0.1, -0.05) is 13.8 Å². The van der Waals surface area contributed by atoms with E-state index in [0.29, 0.717) is 30.3 Å². The zero-order valence-corrected chi connectivity index (χ0v) is 12.9. The van der Waals surface area contributed by atoms with Gasteiger partial charge in [0.1, 0.15) is 0 Å². The lowest BCUT2D eigenvalue weighted by Gasteiger charge is -2.08. The Morgan fingerprint density at radius 3 is 2.43 bits per heavy atom. The molecule has 0 aromatic heterocycles. The second-order valence-electron chi connectivity index (χ2n) is 5.06. The second-order valence-corrected chi connectivity index (χ2v) is 5.06. The Balaban J connectivity index is 2.37. The summed E-state index contributed by atoms with van der Waals surface area (Å²) in [5.74, 6) is -0.375. The Kier molecular flexibility index (Phi) is 7.46. The van der Waals surface area contributed by atoms with Gasteiger partial charge in [-0.15, -0.1) is 0 Å². The number of esters is 1. The lowest BCUT2D eigenvalue weighted by atomic mass is 10.2. The summed E-state index contributed by atoms with van der Waals surface area (Å²) in [7, 11) is 0. The fraction of sp³-hybridized carbons (Fsp3) is 0.500. The molecule has 1 aromatic carbocycles. The largest absolute Gasteiger partial charge is 0.462 e. The number of rotatable bonds is 8. The first-order valence-corrected chi connectivity index (χ1v) is 7.33. The van der Waals surface area contributed by atoms with Gasteiger partial charge < -0.3 is 15.4 Å². The van der Waals surface area contributed by atoms with Gasteiger partial charge in [-0.3, -0.25) is 4.79 Å². The average Bonchev–Trinajstić information content (AvgIpc) is 2.44. The summed E-state index contributed by atoms with van der Waals surface area (Å²) in [6.07, 6.45) is 1.27. The van der Waals surface area contributed by atoms with Crippen molar-refractivity contribution in [1.29, 1.82) is 0 Å². The zero-order chi connectivity index (χ0) is 15.7. The van der Waals surface area contributed by atoms with Crippen LogP contribution in [0, 0.1) is 0 Å². The normalized spacial score (nSPS) is 10.5. The molecule has 0 saturated heterocycles. The number of amides is 1. The van der Waals surface area contributed by atoms with Crippen molar-refractivity contribution in [2.45, 2.75) is 39.7 Å². The quantitative estimate of drug-likeness (QED) is 0.571. The Hall–Kier alpha value is -1.88. The maximum atomic E-state index is 11.7. The average molecular weight is 292 g/mol. The van der Waals surface area contributed by atoms with E-state index in [1.807, 2.05) is 0 Å². The highest BCUT2D eigenvalue weighted by molar-refractivity contribution is 5.93. The highest BCUT2D eigenvalue weighted by atomic mass is 16.5. The zero-order valence-electron chi connectivity index (χ0n) is 12.9. The number of hydrogen-bond donors (Lipinski definition) is 2. The number of hydrogen-bond acceptors (Lipinski definition) is 4. The third-order valence-electron chi connectivity index (χ3n) is 2.81. The van der Waals surface area contributed by atoms with Crippen LogP contribution in [0.5, 0.6) is 0 Å². The van der Waals surface area contributed by atoms with Gasteiger partial charge in [-0.25, -0.2) is 4.79 Å². The first kappa shape index (κ1) is 17.2. The molecule has 1 rings (SSSR count). The number of carbonyl (C=O) groups is 2. The lowest BCUT2D eigenvalue weighted by Crippen LogP contribution is -2.24. The number of anilines is 1. The van der Waals surface area contributed by atoms with Gasteiger partial charge in [0.05, 0.1) is 12.2 Å². The van der Waals surface area contributed by atoms with E-state index in [1.54, 1.807) is 31.2 Å². The molecule has 116 valence electrons. The number of nitrogens with one attached hydrogen (secondary N) is 2. The van der Waals surface area contributed by atoms with E-state index in [9.17, 15) is 9.59 Å². The van der Waals surface area contributed by atoms with Crippen molar-refractivity contribution < 1.29 is 14.3 Å². The third-order valence-corrected chi connectivity index (χ3v) is 2.81. The van der Waals surface area contributed by atoms with Crippen LogP contribution in [0.25, 0.3) is 0 Å². The monoisotopic (exact) mass is 292 g/mol. The molecule has 1 aromatic rings. The van der Waals surface area contributed by atoms with Crippen LogP contribution in [0.2, 0.25) is 0 Å². The highest BCUT2D eigenvalue weighted by Gasteiger charge is 2.07. The fourth-order valence-electron chi connectivity index (χ4n) is 1.77. The maximum Gasteiger partial charge on any atom is 0.338 e. The SMILES string of the molecule is CCOC(=O)c1ccc(NC(=O)CCCNC(C)C)cc1. The van der Waals surface area contributed by atoms with E-state index in [1.165, 1.54) is 0 Å². The smallest absolute Gasteiger partial charge is 0.338 e. The van der Waals surface area contributed by atoms with E-state index in [4.69, 9.17) is 4.74 Å². The Morgan fingerprint density at radius 1 is 1.19 bits per heavy atom. The van der Waals surface area contributed by atoms with Gasteiger partial charge in [-0.2, -0.15) is 0 Å². The molecule has 0 aliphatic rings. The van der Waals surface area contributed by atoms with E-state index in [-0.39, 0.29) is 11.9 Å². The Labute approximate surface area is 126 Å². The summed E-state index contributed by atoms with van der Waals surface area (Å²) in [6, 6.07) is 7.14. The van der Waals surface area contributed by atoms with Crippen molar-refractivity contribution in [3.05, 3.63) is 29.8 Å². The molecule has 5 heteroatoms. The Bertz CT molecular complexity index is 455. The molecule has 0 radical (unpaired) electrons. The topological polar surface area (TPSA) is 67.4 Å². The molecule has 0 saturated carbocycles. The highest BCUT2D eigenvalue weighted by Crippen LogP contribution is 2.11. The minimum absolute atomic E-state index is 0.0237. The first-order valence-electron chi connectivity index (χ1n) is 7.33. The molecular formula is C16H24N2O3. The molecule has 0 heterocycles. The van der Waals surface area contributed by atoms with Crippen LogP contribution in [-0.4, -0.2) is 31.1 Å². The van der Waals surface area contributed by atoms with Crippen LogP contribution in [0.1, 0.15) is 44.0 Å². The molecule has 21 heavy (non-hydrogen) atoms. The predicted molar refractivity (Wildman–Crippen MR) is 83.4 cm³/mol. The van der Waals surface area contributed by atoms with Crippen molar-refractivity contribution in [3.8, 4) is 0 Å². The van der Waals surface area contributed by atoms with E-state index >= 15 is 0 Å². The maximum absolute atomic E-state index is 11.7. The van der Waals surface area contributed by atoms with Gasteiger partial charge in [0.25, 0.3) is 0 Å². The fourth-order valence-corrected chi connectivity index (χ4v) is 1.77. The summed E-state index contributed by atoms with van der Waals surface area (Å²) < 4.78 is 4.90. The molecule has 0 fully saturated rings. The molecule has 1 amide bonds. The van der Waals surface area contributed by atoms with Crippen molar-refractivity contribution in [2.24, 2.45) is 0 Å². The van der Waals surface area contributed by atoms with Crippen molar-refractivity contribution >= 4 is 17.6 Å². The van der Waals surface area contributed by atoms with Crippen LogP contribution < -0.4 is 10.6 Å². The molecule has 2 N–H and O–H groups in total. The molecule has 0 spiro atoms. The lowest BCUT2D eigenvalue weighted by molar-refractivity contribution is -0.116. The molecule has 5 nitrogen and oxygen atoms in total. The van der Waals surface area contributed by atoms with Crippen molar-refractivity contribution in [1.82, 2.24) is 5.32 Å². The number of benzene rings is 1. The predicted octanol–water partition coefficient (Wildman–Crippen LogP) is 2.58. The second kappa shape index (κ2) is 9.13. The summed E-state index contributed by atoms with van der Waals surface area (Å²) >= 11 is 0. The minimum Gasteiger partial charge on any atom is -0.462 e. The van der Waals surface area contributed by atoms with Crippen molar-refractivity contribution in [3.63, 3.8) is 0 Å². The molecule has 0 unspecified atom stereocenters. The van der Waals surface area contributed by atoms with Gasteiger partial charge >= 0.3 is 5.97 Å². The van der Waals surface area contributed by atoms with E-state index in [0.717, 1.165) is 13.0 Å². The summed E-state index contributed by atoms with van der Waals surface area (Å²) in [6.45, 7) is 7.09. The molecule has 0 bridgehead atoms. The van der Waals surface area contributed by atoms with Crippen LogP contribution in [0.15, 0.2) is 24.3 Å². The number of carbonyl (C=O) groups excluding carboxylic acids is 2. The molecule has 0 atom stereocenters. The third kappa shape index (κ3) is 6.90. The Morgan fingerprint density at radius 2 is 1.86 bits per heavy atom.